The summed E-state index contributed by atoms with van der Waals surface area (Å²) < 4.78 is 11.0. The molecule has 1 amide bonds. The third-order valence-corrected chi connectivity index (χ3v) is 6.45. The van der Waals surface area contributed by atoms with Gasteiger partial charge in [0.15, 0.2) is 0 Å². The monoisotopic (exact) mass is 476 g/mol. The van der Waals surface area contributed by atoms with Gasteiger partial charge in [0, 0.05) is 31.7 Å². The molecule has 2 aromatic rings. The van der Waals surface area contributed by atoms with E-state index < -0.39 is 17.7 Å². The number of Topliss-reactive ketones (excluding diaryl/α,β-unsaturated/α-hetero) is 1. The minimum Gasteiger partial charge on any atom is -0.507 e. The van der Waals surface area contributed by atoms with Crippen LogP contribution in [0.5, 0.6) is 5.75 Å². The highest BCUT2D eigenvalue weighted by Crippen LogP contribution is 2.40. The molecule has 0 saturated carbocycles. The van der Waals surface area contributed by atoms with Gasteiger partial charge in [-0.1, -0.05) is 43.0 Å². The second-order valence-corrected chi connectivity index (χ2v) is 8.79. The van der Waals surface area contributed by atoms with Crippen LogP contribution in [0, 0.1) is 6.92 Å². The maximum absolute atomic E-state index is 13.2. The summed E-state index contributed by atoms with van der Waals surface area (Å²) in [5.41, 5.74) is 2.16. The van der Waals surface area contributed by atoms with Crippen molar-refractivity contribution in [1.29, 1.82) is 0 Å². The number of ketones is 1. The van der Waals surface area contributed by atoms with Crippen LogP contribution in [-0.4, -0.2) is 72.6 Å². The summed E-state index contributed by atoms with van der Waals surface area (Å²) in [5.74, 6) is -0.761. The Balaban J connectivity index is 1.65. The van der Waals surface area contributed by atoms with E-state index in [0.717, 1.165) is 37.2 Å². The van der Waals surface area contributed by atoms with Gasteiger partial charge in [0.05, 0.1) is 24.8 Å². The Hall–Kier alpha value is -3.42. The second-order valence-electron chi connectivity index (χ2n) is 8.79. The Morgan fingerprint density at radius 2 is 1.89 bits per heavy atom. The molecule has 2 saturated heterocycles. The van der Waals surface area contributed by atoms with Crippen molar-refractivity contribution in [2.75, 3.05) is 46.0 Å². The average Bonchev–Trinajstić information content (AvgIpc) is 3.13. The fourth-order valence-corrected chi connectivity index (χ4v) is 4.67. The average molecular weight is 477 g/mol. The topological polar surface area (TPSA) is 79.3 Å². The van der Waals surface area contributed by atoms with E-state index in [1.807, 2.05) is 37.3 Å². The first kappa shape index (κ1) is 24.7. The molecule has 184 valence electrons. The quantitative estimate of drug-likeness (QED) is 0.257. The summed E-state index contributed by atoms with van der Waals surface area (Å²) in [6.07, 6.45) is 2.38. The van der Waals surface area contributed by atoms with Gasteiger partial charge in [-0.05, 0) is 42.7 Å². The molecule has 0 aliphatic carbocycles. The highest BCUT2D eigenvalue weighted by atomic mass is 16.5. The number of hydrogen-bond acceptors (Lipinski definition) is 6. The van der Waals surface area contributed by atoms with Crippen LogP contribution >= 0.6 is 0 Å². The standard InChI is InChI=1S/C28H32N2O5/c1-3-16-35-22-10-11-23(20(2)19-22)26(31)24-25(21-8-5-4-6-9-21)30(28(33)27(24)32)13-7-12-29-14-17-34-18-15-29/h3-6,8-11,19,25,31H,1,7,12-18H2,2H3/t25-/m1/s1. The van der Waals surface area contributed by atoms with Crippen molar-refractivity contribution in [2.45, 2.75) is 19.4 Å². The number of aliphatic hydroxyl groups is 1. The summed E-state index contributed by atoms with van der Waals surface area (Å²) in [6, 6.07) is 14.0. The van der Waals surface area contributed by atoms with Crippen LogP contribution in [0.3, 0.4) is 0 Å². The molecule has 2 heterocycles. The molecule has 7 heteroatoms. The van der Waals surface area contributed by atoms with Crippen molar-refractivity contribution >= 4 is 17.4 Å². The highest BCUT2D eigenvalue weighted by molar-refractivity contribution is 6.46. The maximum atomic E-state index is 13.2. The van der Waals surface area contributed by atoms with Crippen molar-refractivity contribution in [1.82, 2.24) is 9.80 Å². The zero-order valence-electron chi connectivity index (χ0n) is 20.1. The number of carbonyl (C=O) groups excluding carboxylic acids is 2. The molecule has 0 unspecified atom stereocenters. The number of likely N-dealkylation sites (tertiary alicyclic amines) is 1. The van der Waals surface area contributed by atoms with Gasteiger partial charge in [-0.2, -0.15) is 0 Å². The summed E-state index contributed by atoms with van der Waals surface area (Å²) in [5, 5.41) is 11.3. The van der Waals surface area contributed by atoms with Crippen molar-refractivity contribution in [3.63, 3.8) is 0 Å². The van der Waals surface area contributed by atoms with E-state index in [4.69, 9.17) is 9.47 Å². The molecule has 2 aromatic carbocycles. The van der Waals surface area contributed by atoms with Crippen molar-refractivity contribution in [3.8, 4) is 5.75 Å². The van der Waals surface area contributed by atoms with Crippen molar-refractivity contribution in [2.24, 2.45) is 0 Å². The van der Waals surface area contributed by atoms with Crippen LogP contribution < -0.4 is 4.74 Å². The van der Waals surface area contributed by atoms with Gasteiger partial charge in [0.1, 0.15) is 18.1 Å². The summed E-state index contributed by atoms with van der Waals surface area (Å²) in [4.78, 5) is 30.3. The second kappa shape index (κ2) is 11.3. The third kappa shape index (κ3) is 5.47. The predicted molar refractivity (Wildman–Crippen MR) is 134 cm³/mol. The van der Waals surface area contributed by atoms with Crippen LogP contribution in [0.2, 0.25) is 0 Å². The normalized spacial score (nSPS) is 20.3. The number of ether oxygens (including phenoxy) is 2. The van der Waals surface area contributed by atoms with E-state index in [1.165, 1.54) is 0 Å². The highest BCUT2D eigenvalue weighted by Gasteiger charge is 2.45. The Kier molecular flexibility index (Phi) is 8.00. The molecule has 0 radical (unpaired) electrons. The zero-order chi connectivity index (χ0) is 24.8. The Bertz CT molecular complexity index is 1110. The molecule has 2 aliphatic rings. The molecule has 0 aromatic heterocycles. The first-order valence-corrected chi connectivity index (χ1v) is 12.0. The number of hydrogen-bond donors (Lipinski definition) is 1. The van der Waals surface area contributed by atoms with Crippen LogP contribution in [-0.2, 0) is 14.3 Å². The molecule has 7 nitrogen and oxygen atoms in total. The first-order chi connectivity index (χ1) is 17.0. The number of nitrogens with zero attached hydrogens (tertiary/aromatic N) is 2. The predicted octanol–water partition coefficient (Wildman–Crippen LogP) is 3.70. The van der Waals surface area contributed by atoms with E-state index in [2.05, 4.69) is 11.5 Å². The SMILES string of the molecule is C=CCOc1ccc(C(O)=C2C(=O)C(=O)N(CCCN3CCOCC3)[C@@H]2c2ccccc2)c(C)c1. The molecule has 0 bridgehead atoms. The van der Waals surface area contributed by atoms with E-state index in [1.54, 1.807) is 29.2 Å². The fraction of sp³-hybridized carbons (Fsp3) is 0.357. The van der Waals surface area contributed by atoms with Gasteiger partial charge in [-0.3, -0.25) is 14.5 Å². The van der Waals surface area contributed by atoms with Gasteiger partial charge in [-0.15, -0.1) is 0 Å². The summed E-state index contributed by atoms with van der Waals surface area (Å²) in [6.45, 7) is 10.3. The molecule has 2 fully saturated rings. The largest absolute Gasteiger partial charge is 0.507 e. The van der Waals surface area contributed by atoms with Crippen LogP contribution in [0.4, 0.5) is 0 Å². The number of aryl methyl sites for hydroxylation is 1. The number of amides is 1. The van der Waals surface area contributed by atoms with E-state index in [-0.39, 0.29) is 11.3 Å². The Morgan fingerprint density at radius 1 is 1.14 bits per heavy atom. The van der Waals surface area contributed by atoms with Crippen LogP contribution in [0.1, 0.15) is 29.2 Å². The van der Waals surface area contributed by atoms with Crippen LogP contribution in [0.15, 0.2) is 66.8 Å². The summed E-state index contributed by atoms with van der Waals surface area (Å²) >= 11 is 0. The van der Waals surface area contributed by atoms with Crippen LogP contribution in [0.25, 0.3) is 5.76 Å². The van der Waals surface area contributed by atoms with Gasteiger partial charge in [0.25, 0.3) is 11.7 Å². The molecular weight excluding hydrogens is 444 g/mol. The zero-order valence-corrected chi connectivity index (χ0v) is 20.1. The Labute approximate surface area is 206 Å². The van der Waals surface area contributed by atoms with Gasteiger partial charge in [-0.25, -0.2) is 0 Å². The van der Waals surface area contributed by atoms with Crippen molar-refractivity contribution < 1.29 is 24.2 Å². The maximum Gasteiger partial charge on any atom is 0.295 e. The van der Waals surface area contributed by atoms with E-state index in [9.17, 15) is 14.7 Å². The van der Waals surface area contributed by atoms with E-state index >= 15 is 0 Å². The Morgan fingerprint density at radius 3 is 2.57 bits per heavy atom. The minimum atomic E-state index is -0.658. The molecule has 35 heavy (non-hydrogen) atoms. The van der Waals surface area contributed by atoms with Gasteiger partial charge < -0.3 is 19.5 Å². The smallest absolute Gasteiger partial charge is 0.295 e. The van der Waals surface area contributed by atoms with Crippen molar-refractivity contribution in [3.05, 3.63) is 83.4 Å². The lowest BCUT2D eigenvalue weighted by Gasteiger charge is -2.29. The minimum absolute atomic E-state index is 0.121. The molecule has 1 N–H and O–H groups in total. The molecule has 0 spiro atoms. The third-order valence-electron chi connectivity index (χ3n) is 6.45. The fourth-order valence-electron chi connectivity index (χ4n) is 4.67. The first-order valence-electron chi connectivity index (χ1n) is 12.0. The van der Waals surface area contributed by atoms with E-state index in [0.29, 0.717) is 37.7 Å². The lowest BCUT2D eigenvalue weighted by atomic mass is 9.94. The lowest BCUT2D eigenvalue weighted by molar-refractivity contribution is -0.140. The number of morpholine rings is 1. The van der Waals surface area contributed by atoms with Gasteiger partial charge >= 0.3 is 0 Å². The summed E-state index contributed by atoms with van der Waals surface area (Å²) in [7, 11) is 0. The molecule has 4 rings (SSSR count). The number of benzene rings is 2. The lowest BCUT2D eigenvalue weighted by Crippen LogP contribution is -2.38. The molecular formula is C28H32N2O5. The number of carbonyl (C=O) groups is 2. The number of aliphatic hydroxyl groups excluding tert-OH is 1. The number of rotatable bonds is 9. The van der Waals surface area contributed by atoms with Gasteiger partial charge in [0.2, 0.25) is 0 Å². The molecule has 2 aliphatic heterocycles. The molecule has 1 atom stereocenters.